The maximum atomic E-state index is 13.4. The van der Waals surface area contributed by atoms with Crippen LogP contribution in [0.15, 0.2) is 34.2 Å². The molecule has 0 spiro atoms. The van der Waals surface area contributed by atoms with E-state index in [0.717, 1.165) is 37.9 Å². The molecule has 130 valence electrons. The first kappa shape index (κ1) is 16.8. The van der Waals surface area contributed by atoms with Crippen LogP contribution in [-0.4, -0.2) is 21.4 Å². The molecule has 0 bridgehead atoms. The second-order valence-electron chi connectivity index (χ2n) is 6.98. The largest absolute Gasteiger partial charge is 0.370 e. The molecule has 2 aromatic heterocycles. The van der Waals surface area contributed by atoms with Gasteiger partial charge < -0.3 is 4.74 Å². The fourth-order valence-electron chi connectivity index (χ4n) is 3.23. The molecule has 0 fully saturated rings. The highest BCUT2D eigenvalue weighted by Gasteiger charge is 2.31. The minimum absolute atomic E-state index is 0.0217. The lowest BCUT2D eigenvalue weighted by molar-refractivity contribution is -0.0379. The monoisotopic (exact) mass is 372 g/mol. The average molecular weight is 373 g/mol. The minimum atomic E-state index is -0.250. The number of nitrogens with zero attached hydrogens (tertiary/aromatic N) is 2. The van der Waals surface area contributed by atoms with Gasteiger partial charge in [0.1, 0.15) is 4.83 Å². The number of fused-ring (bicyclic) bond motifs is 3. The molecule has 0 unspecified atom stereocenters. The molecule has 1 aliphatic heterocycles. The number of rotatable bonds is 2. The Kier molecular flexibility index (Phi) is 4.02. The van der Waals surface area contributed by atoms with Crippen LogP contribution in [0.5, 0.6) is 0 Å². The van der Waals surface area contributed by atoms with Crippen LogP contribution in [0, 0.1) is 6.92 Å². The van der Waals surface area contributed by atoms with Gasteiger partial charge in [0, 0.05) is 11.3 Å². The van der Waals surface area contributed by atoms with Crippen molar-refractivity contribution in [2.24, 2.45) is 0 Å². The average Bonchev–Trinajstić information content (AvgIpc) is 2.92. The molecule has 0 atom stereocenters. The lowest BCUT2D eigenvalue weighted by Gasteiger charge is -2.29. The van der Waals surface area contributed by atoms with E-state index in [0.29, 0.717) is 6.61 Å². The summed E-state index contributed by atoms with van der Waals surface area (Å²) in [4.78, 5) is 20.2. The number of benzene rings is 1. The van der Waals surface area contributed by atoms with Gasteiger partial charge in [-0.15, -0.1) is 11.3 Å². The first-order valence-electron chi connectivity index (χ1n) is 8.22. The van der Waals surface area contributed by atoms with Crippen LogP contribution in [-0.2, 0) is 17.8 Å². The van der Waals surface area contributed by atoms with Crippen molar-refractivity contribution in [2.75, 3.05) is 6.26 Å². The summed E-state index contributed by atoms with van der Waals surface area (Å²) in [6.07, 6.45) is 2.70. The Morgan fingerprint density at radius 1 is 1.28 bits per heavy atom. The molecule has 0 N–H and O–H groups in total. The van der Waals surface area contributed by atoms with Gasteiger partial charge in [-0.25, -0.2) is 4.98 Å². The Bertz CT molecular complexity index is 1020. The van der Waals surface area contributed by atoms with Crippen LogP contribution in [0.1, 0.15) is 29.9 Å². The zero-order valence-electron chi connectivity index (χ0n) is 14.8. The van der Waals surface area contributed by atoms with Crippen LogP contribution in [0.2, 0.25) is 0 Å². The van der Waals surface area contributed by atoms with E-state index in [-0.39, 0.29) is 11.2 Å². The Morgan fingerprint density at radius 2 is 2.00 bits per heavy atom. The van der Waals surface area contributed by atoms with Crippen LogP contribution in [0.4, 0.5) is 0 Å². The summed E-state index contributed by atoms with van der Waals surface area (Å²) >= 11 is 3.08. The Hall–Kier alpha value is -1.63. The highest BCUT2D eigenvalue weighted by atomic mass is 32.2. The fourth-order valence-corrected chi connectivity index (χ4v) is 4.94. The van der Waals surface area contributed by atoms with Crippen LogP contribution < -0.4 is 5.56 Å². The van der Waals surface area contributed by atoms with Gasteiger partial charge in [-0.1, -0.05) is 29.5 Å². The Balaban J connectivity index is 2.02. The molecule has 25 heavy (non-hydrogen) atoms. The van der Waals surface area contributed by atoms with Gasteiger partial charge in [-0.2, -0.15) is 0 Å². The van der Waals surface area contributed by atoms with Crippen molar-refractivity contribution in [1.82, 2.24) is 9.55 Å². The fraction of sp³-hybridized carbons (Fsp3) is 0.368. The second-order valence-corrected chi connectivity index (χ2v) is 8.84. The molecule has 0 amide bonds. The number of aromatic nitrogens is 2. The molecule has 4 nitrogen and oxygen atoms in total. The molecule has 6 heteroatoms. The van der Waals surface area contributed by atoms with Crippen molar-refractivity contribution < 1.29 is 4.74 Å². The third kappa shape index (κ3) is 2.82. The molecule has 0 aliphatic carbocycles. The summed E-state index contributed by atoms with van der Waals surface area (Å²) in [5, 5.41) is 1.48. The van der Waals surface area contributed by atoms with Gasteiger partial charge in [-0.3, -0.25) is 9.36 Å². The number of thiophene rings is 1. The predicted octanol–water partition coefficient (Wildman–Crippen LogP) is 4.33. The zero-order chi connectivity index (χ0) is 17.8. The standard InChI is InChI=1S/C19H20N2O2S2/c1-11-5-7-12(8-6-11)21-17(22)15-13-9-19(2,3)23-10-14(13)25-16(15)20-18(21)24-4/h5-8H,9-10H2,1-4H3. The van der Waals surface area contributed by atoms with Crippen LogP contribution >= 0.6 is 23.1 Å². The van der Waals surface area contributed by atoms with E-state index in [2.05, 4.69) is 13.8 Å². The summed E-state index contributed by atoms with van der Waals surface area (Å²) < 4.78 is 7.65. The molecule has 0 saturated carbocycles. The van der Waals surface area contributed by atoms with Crippen molar-refractivity contribution in [1.29, 1.82) is 0 Å². The molecule has 1 aromatic carbocycles. The van der Waals surface area contributed by atoms with E-state index >= 15 is 0 Å². The van der Waals surface area contributed by atoms with Gasteiger partial charge in [0.2, 0.25) is 0 Å². The molecular formula is C19H20N2O2S2. The van der Waals surface area contributed by atoms with Crippen molar-refractivity contribution >= 4 is 33.3 Å². The van der Waals surface area contributed by atoms with E-state index in [4.69, 9.17) is 9.72 Å². The van der Waals surface area contributed by atoms with E-state index in [1.54, 1.807) is 15.9 Å². The van der Waals surface area contributed by atoms with E-state index in [9.17, 15) is 4.79 Å². The summed E-state index contributed by atoms with van der Waals surface area (Å²) in [6, 6.07) is 8.01. The number of hydrogen-bond acceptors (Lipinski definition) is 5. The van der Waals surface area contributed by atoms with E-state index in [1.165, 1.54) is 17.3 Å². The van der Waals surface area contributed by atoms with Crippen molar-refractivity contribution in [3.8, 4) is 5.69 Å². The first-order valence-corrected chi connectivity index (χ1v) is 10.3. The third-order valence-electron chi connectivity index (χ3n) is 4.55. The smallest absolute Gasteiger partial charge is 0.267 e. The predicted molar refractivity (Wildman–Crippen MR) is 104 cm³/mol. The van der Waals surface area contributed by atoms with E-state index in [1.807, 2.05) is 37.4 Å². The quantitative estimate of drug-likeness (QED) is 0.496. The highest BCUT2D eigenvalue weighted by Crippen LogP contribution is 2.37. The van der Waals surface area contributed by atoms with Crippen LogP contribution in [0.3, 0.4) is 0 Å². The summed E-state index contributed by atoms with van der Waals surface area (Å²) in [5.41, 5.74) is 2.92. The lowest BCUT2D eigenvalue weighted by atomic mass is 9.94. The van der Waals surface area contributed by atoms with E-state index < -0.39 is 0 Å². The summed E-state index contributed by atoms with van der Waals surface area (Å²) in [5.74, 6) is 0. The normalized spacial score (nSPS) is 16.2. The number of thioether (sulfide) groups is 1. The summed E-state index contributed by atoms with van der Waals surface area (Å²) in [7, 11) is 0. The van der Waals surface area contributed by atoms with Crippen molar-refractivity contribution in [3.05, 3.63) is 50.6 Å². The maximum Gasteiger partial charge on any atom is 0.267 e. The molecule has 3 aromatic rings. The third-order valence-corrected chi connectivity index (χ3v) is 6.29. The zero-order valence-corrected chi connectivity index (χ0v) is 16.4. The lowest BCUT2D eigenvalue weighted by Crippen LogP contribution is -2.32. The molecule has 3 heterocycles. The Morgan fingerprint density at radius 3 is 2.68 bits per heavy atom. The van der Waals surface area contributed by atoms with Crippen molar-refractivity contribution in [2.45, 2.75) is 44.6 Å². The number of ether oxygens (including phenoxy) is 1. The molecule has 0 saturated heterocycles. The van der Waals surface area contributed by atoms with Crippen molar-refractivity contribution in [3.63, 3.8) is 0 Å². The number of hydrogen-bond donors (Lipinski definition) is 0. The molecule has 4 rings (SSSR count). The second kappa shape index (κ2) is 5.97. The Labute approximate surface area is 154 Å². The van der Waals surface area contributed by atoms with Gasteiger partial charge in [0.05, 0.1) is 23.3 Å². The van der Waals surface area contributed by atoms with Gasteiger partial charge in [0.15, 0.2) is 5.16 Å². The highest BCUT2D eigenvalue weighted by molar-refractivity contribution is 7.98. The molecular weight excluding hydrogens is 352 g/mol. The maximum absolute atomic E-state index is 13.4. The minimum Gasteiger partial charge on any atom is -0.370 e. The van der Waals surface area contributed by atoms with Gasteiger partial charge in [-0.05, 0) is 44.7 Å². The summed E-state index contributed by atoms with van der Waals surface area (Å²) in [6.45, 7) is 6.74. The SMILES string of the molecule is CSc1nc2sc3c(c2c(=O)n1-c1ccc(C)cc1)CC(C)(C)OC3. The van der Waals surface area contributed by atoms with Gasteiger partial charge in [0.25, 0.3) is 5.56 Å². The van der Waals surface area contributed by atoms with Crippen LogP contribution in [0.25, 0.3) is 15.9 Å². The van der Waals surface area contributed by atoms with Gasteiger partial charge >= 0.3 is 0 Å². The first-order chi connectivity index (χ1) is 11.9. The molecule has 1 aliphatic rings. The molecule has 0 radical (unpaired) electrons. The number of aryl methyl sites for hydroxylation is 1. The topological polar surface area (TPSA) is 44.1 Å².